The van der Waals surface area contributed by atoms with Crippen molar-refractivity contribution in [2.24, 2.45) is 0 Å². The van der Waals surface area contributed by atoms with Crippen LogP contribution in [-0.2, 0) is 0 Å². The van der Waals surface area contributed by atoms with Gasteiger partial charge < -0.3 is 5.32 Å². The second-order valence-corrected chi connectivity index (χ2v) is 6.26. The summed E-state index contributed by atoms with van der Waals surface area (Å²) in [6, 6.07) is 9.18. The summed E-state index contributed by atoms with van der Waals surface area (Å²) in [5, 5.41) is 3.70. The maximum atomic E-state index is 3.70. The first-order chi connectivity index (χ1) is 9.26. The van der Waals surface area contributed by atoms with Crippen molar-refractivity contribution in [1.82, 2.24) is 0 Å². The molecule has 0 aliphatic carbocycles. The fourth-order valence-electron chi connectivity index (χ4n) is 2.35. The molecular formula is C17H28BrN. The Bertz CT molecular complexity index is 311. The number of hydrogen-bond acceptors (Lipinski definition) is 1. The predicted molar refractivity (Wildman–Crippen MR) is 89.8 cm³/mol. The van der Waals surface area contributed by atoms with Gasteiger partial charge in [0.1, 0.15) is 0 Å². The van der Waals surface area contributed by atoms with Crippen molar-refractivity contribution in [2.45, 2.75) is 71.3 Å². The lowest BCUT2D eigenvalue weighted by atomic mass is 10.0. The Balaban J connectivity index is 2.44. The topological polar surface area (TPSA) is 12.0 Å². The van der Waals surface area contributed by atoms with Crippen LogP contribution in [0.2, 0.25) is 0 Å². The second kappa shape index (κ2) is 10.3. The van der Waals surface area contributed by atoms with Gasteiger partial charge in [-0.2, -0.15) is 0 Å². The fraction of sp³-hybridized carbons (Fsp3) is 0.647. The van der Waals surface area contributed by atoms with Crippen molar-refractivity contribution < 1.29 is 0 Å². The van der Waals surface area contributed by atoms with Gasteiger partial charge in [0.15, 0.2) is 0 Å². The van der Waals surface area contributed by atoms with Crippen LogP contribution in [0, 0.1) is 0 Å². The van der Waals surface area contributed by atoms with Crippen molar-refractivity contribution in [3.8, 4) is 0 Å². The number of unbranched alkanes of at least 4 members (excludes halogenated alkanes) is 4. The van der Waals surface area contributed by atoms with Crippen molar-refractivity contribution in [1.29, 1.82) is 0 Å². The van der Waals surface area contributed by atoms with Crippen LogP contribution in [-0.4, -0.2) is 6.04 Å². The molecule has 0 aromatic heterocycles. The zero-order valence-electron chi connectivity index (χ0n) is 12.4. The van der Waals surface area contributed by atoms with Gasteiger partial charge in [0.25, 0.3) is 0 Å². The molecule has 0 saturated heterocycles. The Labute approximate surface area is 127 Å². The SMILES string of the molecule is CCCCCC(CCCCC)Nc1ccc(Br)cc1. The monoisotopic (exact) mass is 325 g/mol. The lowest BCUT2D eigenvalue weighted by Gasteiger charge is -2.20. The number of anilines is 1. The van der Waals surface area contributed by atoms with Gasteiger partial charge in [0, 0.05) is 16.2 Å². The van der Waals surface area contributed by atoms with Crippen LogP contribution in [0.3, 0.4) is 0 Å². The third kappa shape index (κ3) is 7.61. The van der Waals surface area contributed by atoms with Crippen LogP contribution in [0.5, 0.6) is 0 Å². The largest absolute Gasteiger partial charge is 0.382 e. The van der Waals surface area contributed by atoms with Gasteiger partial charge in [-0.3, -0.25) is 0 Å². The molecule has 0 radical (unpaired) electrons. The van der Waals surface area contributed by atoms with E-state index in [0.717, 1.165) is 4.47 Å². The number of benzene rings is 1. The summed E-state index contributed by atoms with van der Waals surface area (Å²) in [7, 11) is 0. The molecule has 0 amide bonds. The van der Waals surface area contributed by atoms with E-state index < -0.39 is 0 Å². The summed E-state index contributed by atoms with van der Waals surface area (Å²) in [5.74, 6) is 0. The van der Waals surface area contributed by atoms with Gasteiger partial charge in [0.05, 0.1) is 0 Å². The van der Waals surface area contributed by atoms with Crippen molar-refractivity contribution in [3.63, 3.8) is 0 Å². The minimum Gasteiger partial charge on any atom is -0.382 e. The first-order valence-electron chi connectivity index (χ1n) is 7.78. The zero-order valence-corrected chi connectivity index (χ0v) is 14.0. The van der Waals surface area contributed by atoms with Gasteiger partial charge in [-0.15, -0.1) is 0 Å². The molecule has 1 aromatic carbocycles. The van der Waals surface area contributed by atoms with E-state index in [2.05, 4.69) is 59.4 Å². The highest BCUT2D eigenvalue weighted by atomic mass is 79.9. The number of nitrogens with one attached hydrogen (secondary N) is 1. The summed E-state index contributed by atoms with van der Waals surface area (Å²) in [6.45, 7) is 4.54. The molecule has 0 spiro atoms. The Morgan fingerprint density at radius 1 is 0.895 bits per heavy atom. The summed E-state index contributed by atoms with van der Waals surface area (Å²) < 4.78 is 1.14. The first-order valence-corrected chi connectivity index (χ1v) is 8.57. The Kier molecular flexibility index (Phi) is 8.98. The van der Waals surface area contributed by atoms with Crippen molar-refractivity contribution in [2.75, 3.05) is 5.32 Å². The lowest BCUT2D eigenvalue weighted by molar-refractivity contribution is 0.526. The predicted octanol–water partition coefficient (Wildman–Crippen LogP) is 6.39. The molecule has 1 nitrogen and oxygen atoms in total. The summed E-state index contributed by atoms with van der Waals surface area (Å²) >= 11 is 3.49. The van der Waals surface area contributed by atoms with Gasteiger partial charge in [0.2, 0.25) is 0 Å². The molecule has 1 N–H and O–H groups in total. The van der Waals surface area contributed by atoms with Gasteiger partial charge in [-0.1, -0.05) is 68.3 Å². The number of halogens is 1. The van der Waals surface area contributed by atoms with E-state index in [9.17, 15) is 0 Å². The van der Waals surface area contributed by atoms with Gasteiger partial charge in [-0.05, 0) is 37.1 Å². The third-order valence-electron chi connectivity index (χ3n) is 3.53. The standard InChI is InChI=1S/C17H28BrN/c1-3-5-7-9-16(10-8-6-4-2)19-17-13-11-15(18)12-14-17/h11-14,16,19H,3-10H2,1-2H3. The molecule has 0 atom stereocenters. The van der Waals surface area contributed by atoms with E-state index in [4.69, 9.17) is 0 Å². The van der Waals surface area contributed by atoms with Gasteiger partial charge in [-0.25, -0.2) is 0 Å². The van der Waals surface area contributed by atoms with Crippen molar-refractivity contribution >= 4 is 21.6 Å². The molecule has 1 rings (SSSR count). The van der Waals surface area contributed by atoms with Crippen LogP contribution in [0.25, 0.3) is 0 Å². The smallest absolute Gasteiger partial charge is 0.0343 e. The van der Waals surface area contributed by atoms with Crippen LogP contribution < -0.4 is 5.32 Å². The Morgan fingerprint density at radius 3 is 1.89 bits per heavy atom. The maximum absolute atomic E-state index is 3.70. The molecule has 108 valence electrons. The first kappa shape index (κ1) is 16.6. The molecule has 1 aromatic rings. The number of hydrogen-bond donors (Lipinski definition) is 1. The third-order valence-corrected chi connectivity index (χ3v) is 4.06. The zero-order chi connectivity index (χ0) is 13.9. The minimum atomic E-state index is 0.638. The average Bonchev–Trinajstić information content (AvgIpc) is 2.41. The Morgan fingerprint density at radius 2 is 1.42 bits per heavy atom. The summed E-state index contributed by atoms with van der Waals surface area (Å²) in [5.41, 5.74) is 1.25. The molecule has 0 fully saturated rings. The molecule has 0 saturated carbocycles. The quantitative estimate of drug-likeness (QED) is 0.491. The van der Waals surface area contributed by atoms with Crippen molar-refractivity contribution in [3.05, 3.63) is 28.7 Å². The van der Waals surface area contributed by atoms with Crippen LogP contribution in [0.1, 0.15) is 65.2 Å². The lowest BCUT2D eigenvalue weighted by Crippen LogP contribution is -2.19. The maximum Gasteiger partial charge on any atom is 0.0343 e. The molecule has 0 aliphatic heterocycles. The van der Waals surface area contributed by atoms with Gasteiger partial charge >= 0.3 is 0 Å². The van der Waals surface area contributed by atoms with Crippen LogP contribution >= 0.6 is 15.9 Å². The molecule has 0 heterocycles. The number of rotatable bonds is 10. The fourth-order valence-corrected chi connectivity index (χ4v) is 2.62. The molecule has 0 unspecified atom stereocenters. The van der Waals surface area contributed by atoms with E-state index in [1.54, 1.807) is 0 Å². The van der Waals surface area contributed by atoms with E-state index in [1.807, 2.05) is 0 Å². The van der Waals surface area contributed by atoms with E-state index in [-0.39, 0.29) is 0 Å². The van der Waals surface area contributed by atoms with E-state index in [1.165, 1.54) is 57.1 Å². The summed E-state index contributed by atoms with van der Waals surface area (Å²) in [6.07, 6.45) is 10.6. The molecule has 2 heteroatoms. The molecule has 0 bridgehead atoms. The van der Waals surface area contributed by atoms with Crippen LogP contribution in [0.4, 0.5) is 5.69 Å². The highest BCUT2D eigenvalue weighted by molar-refractivity contribution is 9.10. The molecule has 0 aliphatic rings. The highest BCUT2D eigenvalue weighted by Crippen LogP contribution is 2.19. The average molecular weight is 326 g/mol. The highest BCUT2D eigenvalue weighted by Gasteiger charge is 2.08. The molecular weight excluding hydrogens is 298 g/mol. The summed E-state index contributed by atoms with van der Waals surface area (Å²) in [4.78, 5) is 0. The van der Waals surface area contributed by atoms with E-state index in [0.29, 0.717) is 6.04 Å². The molecule has 19 heavy (non-hydrogen) atoms. The Hall–Kier alpha value is -0.500. The minimum absolute atomic E-state index is 0.638. The second-order valence-electron chi connectivity index (χ2n) is 5.34. The normalized spacial score (nSPS) is 10.9. The van der Waals surface area contributed by atoms with E-state index >= 15 is 0 Å². The van der Waals surface area contributed by atoms with Crippen LogP contribution in [0.15, 0.2) is 28.7 Å².